The van der Waals surface area contributed by atoms with E-state index in [1.54, 1.807) is 0 Å². The fourth-order valence-corrected chi connectivity index (χ4v) is 2.14. The highest BCUT2D eigenvalue weighted by Gasteiger charge is 2.46. The SMILES string of the molecule is O=S(=O)(F)c1ccc(S(=O)(=O)C(F)(F)F)cc1. The highest BCUT2D eigenvalue weighted by molar-refractivity contribution is 7.92. The summed E-state index contributed by atoms with van der Waals surface area (Å²) in [6, 6.07) is 1.62. The van der Waals surface area contributed by atoms with Gasteiger partial charge in [-0.25, -0.2) is 8.42 Å². The Bertz CT molecular complexity index is 613. The normalized spacial score (nSPS) is 13.6. The Kier molecular flexibility index (Phi) is 3.23. The number of rotatable bonds is 2. The molecule has 1 rings (SSSR count). The number of halogens is 4. The Balaban J connectivity index is 3.31. The van der Waals surface area contributed by atoms with Crippen LogP contribution in [0.15, 0.2) is 34.1 Å². The van der Waals surface area contributed by atoms with E-state index in [0.717, 1.165) is 0 Å². The molecule has 0 atom stereocenters. The maximum absolute atomic E-state index is 12.4. The van der Waals surface area contributed by atoms with Crippen LogP contribution in [0.25, 0.3) is 0 Å². The van der Waals surface area contributed by atoms with Crippen molar-refractivity contribution in [3.8, 4) is 0 Å². The van der Waals surface area contributed by atoms with Gasteiger partial charge in [-0.1, -0.05) is 0 Å². The van der Waals surface area contributed by atoms with Gasteiger partial charge in [0.1, 0.15) is 0 Å². The minimum Gasteiger partial charge on any atom is -0.214 e. The number of hydrogen-bond donors (Lipinski definition) is 0. The third-order valence-corrected chi connectivity index (χ3v) is 4.06. The molecule has 0 N–H and O–H groups in total. The molecule has 0 radical (unpaired) electrons. The van der Waals surface area contributed by atoms with E-state index in [4.69, 9.17) is 0 Å². The smallest absolute Gasteiger partial charge is 0.214 e. The summed E-state index contributed by atoms with van der Waals surface area (Å²) in [6.45, 7) is 0. The molecular weight excluding hydrogens is 288 g/mol. The Morgan fingerprint density at radius 3 is 1.47 bits per heavy atom. The van der Waals surface area contributed by atoms with Crippen LogP contribution in [0.3, 0.4) is 0 Å². The Morgan fingerprint density at radius 1 is 0.824 bits per heavy atom. The summed E-state index contributed by atoms with van der Waals surface area (Å²) in [6.07, 6.45) is 0. The first-order valence-electron chi connectivity index (χ1n) is 3.82. The maximum Gasteiger partial charge on any atom is 0.501 e. The van der Waals surface area contributed by atoms with Crippen LogP contribution in [0.5, 0.6) is 0 Å². The van der Waals surface area contributed by atoms with E-state index in [-0.39, 0.29) is 0 Å². The fourth-order valence-electron chi connectivity index (χ4n) is 0.915. The van der Waals surface area contributed by atoms with Crippen LogP contribution in [0.4, 0.5) is 17.1 Å². The molecule has 17 heavy (non-hydrogen) atoms. The van der Waals surface area contributed by atoms with Crippen LogP contribution >= 0.6 is 0 Å². The molecule has 0 saturated heterocycles. The molecule has 0 bridgehead atoms. The molecule has 10 heteroatoms. The van der Waals surface area contributed by atoms with E-state index in [2.05, 4.69) is 0 Å². The molecule has 4 nitrogen and oxygen atoms in total. The molecule has 0 amide bonds. The van der Waals surface area contributed by atoms with Gasteiger partial charge in [0.15, 0.2) is 0 Å². The average Bonchev–Trinajstić information content (AvgIpc) is 2.15. The molecule has 1 aromatic rings. The third kappa shape index (κ3) is 2.75. The van der Waals surface area contributed by atoms with Crippen molar-refractivity contribution >= 4 is 20.1 Å². The third-order valence-electron chi connectivity index (χ3n) is 1.72. The zero-order valence-electron chi connectivity index (χ0n) is 7.77. The van der Waals surface area contributed by atoms with Crippen molar-refractivity contribution in [2.75, 3.05) is 0 Å². The molecule has 0 spiro atoms. The standard InChI is InChI=1S/C7H4F4O4S2/c8-7(9,10)16(12,13)5-1-3-6(4-2-5)17(11,14)15/h1-4H. The molecule has 1 aromatic carbocycles. The van der Waals surface area contributed by atoms with E-state index in [0.29, 0.717) is 24.3 Å². The lowest BCUT2D eigenvalue weighted by Gasteiger charge is -2.07. The van der Waals surface area contributed by atoms with Crippen molar-refractivity contribution < 1.29 is 33.9 Å². The maximum atomic E-state index is 12.4. The Labute approximate surface area is 94.0 Å². The number of hydrogen-bond acceptors (Lipinski definition) is 4. The minimum absolute atomic E-state index is 0.370. The van der Waals surface area contributed by atoms with Crippen LogP contribution in [0.2, 0.25) is 0 Å². The summed E-state index contributed by atoms with van der Waals surface area (Å²) in [5.74, 6) is 0. The number of alkyl halides is 3. The summed E-state index contributed by atoms with van der Waals surface area (Å²) in [5.41, 5.74) is -5.50. The first-order chi connectivity index (χ1) is 7.46. The first kappa shape index (κ1) is 13.9. The highest BCUT2D eigenvalue weighted by atomic mass is 32.3. The summed E-state index contributed by atoms with van der Waals surface area (Å²) in [4.78, 5) is -2.07. The Hall–Kier alpha value is -1.16. The number of benzene rings is 1. The molecule has 0 saturated carbocycles. The summed E-state index contributed by atoms with van der Waals surface area (Å²) in [5, 5.41) is 0. The van der Waals surface area contributed by atoms with Crippen molar-refractivity contribution in [3.63, 3.8) is 0 Å². The van der Waals surface area contributed by atoms with Gasteiger partial charge in [0, 0.05) is 0 Å². The highest BCUT2D eigenvalue weighted by Crippen LogP contribution is 2.30. The largest absolute Gasteiger partial charge is 0.501 e. The van der Waals surface area contributed by atoms with Crippen LogP contribution in [0, 0.1) is 0 Å². The zero-order chi connectivity index (χ0) is 13.5. The van der Waals surface area contributed by atoms with E-state index in [1.807, 2.05) is 0 Å². The van der Waals surface area contributed by atoms with E-state index >= 15 is 0 Å². The molecular formula is C7H4F4O4S2. The first-order valence-corrected chi connectivity index (χ1v) is 6.69. The topological polar surface area (TPSA) is 68.3 Å². The molecule has 0 heterocycles. The predicted octanol–water partition coefficient (Wildman–Crippen LogP) is 1.64. The van der Waals surface area contributed by atoms with Crippen LogP contribution < -0.4 is 0 Å². The van der Waals surface area contributed by atoms with Gasteiger partial charge in [0.05, 0.1) is 9.79 Å². The van der Waals surface area contributed by atoms with Gasteiger partial charge in [-0.15, -0.1) is 3.89 Å². The van der Waals surface area contributed by atoms with Gasteiger partial charge < -0.3 is 0 Å². The zero-order valence-corrected chi connectivity index (χ0v) is 9.40. The van der Waals surface area contributed by atoms with Crippen LogP contribution in [0.1, 0.15) is 0 Å². The monoisotopic (exact) mass is 292 g/mol. The minimum atomic E-state index is -5.56. The van der Waals surface area contributed by atoms with Crippen molar-refractivity contribution in [1.82, 2.24) is 0 Å². The molecule has 0 aromatic heterocycles. The van der Waals surface area contributed by atoms with Crippen LogP contribution in [-0.2, 0) is 20.1 Å². The van der Waals surface area contributed by atoms with E-state index in [1.165, 1.54) is 0 Å². The van der Waals surface area contributed by atoms with Crippen molar-refractivity contribution in [3.05, 3.63) is 24.3 Å². The van der Waals surface area contributed by atoms with Crippen molar-refractivity contribution in [2.24, 2.45) is 0 Å². The van der Waals surface area contributed by atoms with Gasteiger partial charge in [0.2, 0.25) is 0 Å². The summed E-state index contributed by atoms with van der Waals surface area (Å²) < 4.78 is 91.0. The van der Waals surface area contributed by atoms with Crippen LogP contribution in [-0.4, -0.2) is 22.3 Å². The molecule has 0 unspecified atom stereocenters. The van der Waals surface area contributed by atoms with E-state index < -0.39 is 35.4 Å². The molecule has 96 valence electrons. The second-order valence-electron chi connectivity index (χ2n) is 2.86. The van der Waals surface area contributed by atoms with Gasteiger partial charge in [-0.2, -0.15) is 21.6 Å². The van der Waals surface area contributed by atoms with Crippen molar-refractivity contribution in [2.45, 2.75) is 15.3 Å². The molecule has 0 aliphatic rings. The quantitative estimate of drug-likeness (QED) is 0.614. The van der Waals surface area contributed by atoms with Crippen molar-refractivity contribution in [1.29, 1.82) is 0 Å². The fraction of sp³-hybridized carbons (Fsp3) is 0.143. The summed E-state index contributed by atoms with van der Waals surface area (Å²) in [7, 11) is -10.6. The lowest BCUT2D eigenvalue weighted by Crippen LogP contribution is -2.23. The number of sulfone groups is 1. The Morgan fingerprint density at radius 2 is 1.18 bits per heavy atom. The lowest BCUT2D eigenvalue weighted by molar-refractivity contribution is -0.0436. The summed E-state index contributed by atoms with van der Waals surface area (Å²) >= 11 is 0. The second-order valence-corrected chi connectivity index (χ2v) is 6.15. The average molecular weight is 292 g/mol. The molecule has 0 aliphatic heterocycles. The van der Waals surface area contributed by atoms with Gasteiger partial charge >= 0.3 is 15.7 Å². The second kappa shape index (κ2) is 3.95. The molecule has 0 fully saturated rings. The van der Waals surface area contributed by atoms with Gasteiger partial charge in [-0.05, 0) is 24.3 Å². The molecule has 0 aliphatic carbocycles. The van der Waals surface area contributed by atoms with E-state index in [9.17, 15) is 33.9 Å². The van der Waals surface area contributed by atoms with Gasteiger partial charge in [0.25, 0.3) is 9.84 Å². The van der Waals surface area contributed by atoms with Gasteiger partial charge in [-0.3, -0.25) is 0 Å². The lowest BCUT2D eigenvalue weighted by atomic mass is 10.4. The predicted molar refractivity (Wildman–Crippen MR) is 48.0 cm³/mol.